The van der Waals surface area contributed by atoms with E-state index in [1.807, 2.05) is 0 Å². The van der Waals surface area contributed by atoms with Crippen LogP contribution in [0, 0.1) is 0 Å². The number of methoxy groups -OCH3 is 1. The van der Waals surface area contributed by atoms with E-state index in [4.69, 9.17) is 22.1 Å². The molecule has 0 radical (unpaired) electrons. The molecule has 2 aromatic carbocycles. The van der Waals surface area contributed by atoms with Crippen molar-refractivity contribution in [1.29, 1.82) is 0 Å². The van der Waals surface area contributed by atoms with Crippen molar-refractivity contribution in [3.8, 4) is 11.5 Å². The Morgan fingerprint density at radius 3 is 2.43 bits per heavy atom. The Morgan fingerprint density at radius 2 is 1.86 bits per heavy atom. The third kappa shape index (κ3) is 3.55. The first-order valence-electron chi connectivity index (χ1n) is 7.93. The third-order valence-corrected chi connectivity index (χ3v) is 4.27. The van der Waals surface area contributed by atoms with Crippen molar-refractivity contribution in [2.45, 2.75) is 0 Å². The standard InChI is InChI=1S/C19H14N2O6S/c1-27-15-7-2-10(9-14(15)22)8-13-16(23)20-19(28)21(17(13)24)12-5-3-11(4-6-12)18(25)26/h2-9,22H,1H3,(H,25,26)(H,20,23,28)/b13-8+. The van der Waals surface area contributed by atoms with Gasteiger partial charge < -0.3 is 14.9 Å². The molecule has 0 saturated carbocycles. The van der Waals surface area contributed by atoms with Gasteiger partial charge in [-0.2, -0.15) is 0 Å². The van der Waals surface area contributed by atoms with E-state index in [9.17, 15) is 19.5 Å². The number of carbonyl (C=O) groups excluding carboxylic acids is 2. The van der Waals surface area contributed by atoms with E-state index >= 15 is 0 Å². The van der Waals surface area contributed by atoms with Crippen LogP contribution in [-0.4, -0.2) is 40.2 Å². The van der Waals surface area contributed by atoms with E-state index in [0.717, 1.165) is 4.90 Å². The quantitative estimate of drug-likeness (QED) is 0.409. The lowest BCUT2D eigenvalue weighted by Gasteiger charge is -2.29. The van der Waals surface area contributed by atoms with Gasteiger partial charge >= 0.3 is 5.97 Å². The molecule has 1 fully saturated rings. The molecule has 2 aromatic rings. The molecule has 1 heterocycles. The molecule has 142 valence electrons. The highest BCUT2D eigenvalue weighted by Crippen LogP contribution is 2.28. The Bertz CT molecular complexity index is 1030. The van der Waals surface area contributed by atoms with Crippen LogP contribution in [0.1, 0.15) is 15.9 Å². The molecule has 0 spiro atoms. The zero-order valence-corrected chi connectivity index (χ0v) is 15.3. The summed E-state index contributed by atoms with van der Waals surface area (Å²) in [5.74, 6) is -2.34. The van der Waals surface area contributed by atoms with Gasteiger partial charge in [0, 0.05) is 0 Å². The van der Waals surface area contributed by atoms with Crippen molar-refractivity contribution in [3.63, 3.8) is 0 Å². The zero-order valence-electron chi connectivity index (χ0n) is 14.5. The zero-order chi connectivity index (χ0) is 20.4. The number of hydrogen-bond acceptors (Lipinski definition) is 6. The van der Waals surface area contributed by atoms with Crippen molar-refractivity contribution in [2.75, 3.05) is 12.0 Å². The Labute approximate surface area is 164 Å². The lowest BCUT2D eigenvalue weighted by atomic mass is 10.1. The van der Waals surface area contributed by atoms with Gasteiger partial charge in [0.25, 0.3) is 11.8 Å². The Morgan fingerprint density at radius 1 is 1.18 bits per heavy atom. The molecule has 1 saturated heterocycles. The minimum absolute atomic E-state index is 0.0487. The number of rotatable bonds is 4. The molecule has 3 N–H and O–H groups in total. The molecule has 0 atom stereocenters. The normalized spacial score (nSPS) is 15.5. The number of benzene rings is 2. The summed E-state index contributed by atoms with van der Waals surface area (Å²) in [4.78, 5) is 37.2. The number of nitrogens with one attached hydrogen (secondary N) is 1. The highest BCUT2D eigenvalue weighted by Gasteiger charge is 2.34. The molecule has 9 heteroatoms. The van der Waals surface area contributed by atoms with Crippen molar-refractivity contribution in [2.24, 2.45) is 0 Å². The Balaban J connectivity index is 1.98. The summed E-state index contributed by atoms with van der Waals surface area (Å²) >= 11 is 5.09. The summed E-state index contributed by atoms with van der Waals surface area (Å²) in [6.45, 7) is 0. The maximum atomic E-state index is 12.9. The van der Waals surface area contributed by atoms with Gasteiger partial charge in [-0.25, -0.2) is 4.79 Å². The highest BCUT2D eigenvalue weighted by molar-refractivity contribution is 7.80. The molecule has 1 aliphatic rings. The molecule has 1 aliphatic heterocycles. The molecular formula is C19H14N2O6S. The number of hydrogen-bond donors (Lipinski definition) is 3. The molecular weight excluding hydrogens is 384 g/mol. The van der Waals surface area contributed by atoms with E-state index in [1.165, 1.54) is 49.6 Å². The lowest BCUT2D eigenvalue weighted by Crippen LogP contribution is -2.54. The molecule has 8 nitrogen and oxygen atoms in total. The third-order valence-electron chi connectivity index (χ3n) is 3.99. The topological polar surface area (TPSA) is 116 Å². The number of phenolic OH excluding ortho intramolecular Hbond substituents is 1. The van der Waals surface area contributed by atoms with Gasteiger partial charge in [0.1, 0.15) is 5.57 Å². The average molecular weight is 398 g/mol. The smallest absolute Gasteiger partial charge is 0.335 e. The number of carboxylic acid groups (broad SMARTS) is 1. The first-order chi connectivity index (χ1) is 13.3. The van der Waals surface area contributed by atoms with Crippen molar-refractivity contribution < 1.29 is 29.3 Å². The minimum atomic E-state index is -1.10. The van der Waals surface area contributed by atoms with Gasteiger partial charge in [0.2, 0.25) is 0 Å². The fraction of sp³-hybridized carbons (Fsp3) is 0.0526. The summed E-state index contributed by atoms with van der Waals surface area (Å²) in [6, 6.07) is 9.92. The van der Waals surface area contributed by atoms with Crippen LogP contribution < -0.4 is 15.0 Å². The van der Waals surface area contributed by atoms with E-state index in [1.54, 1.807) is 6.07 Å². The molecule has 0 aliphatic carbocycles. The predicted molar refractivity (Wildman–Crippen MR) is 104 cm³/mol. The second-order valence-electron chi connectivity index (χ2n) is 5.74. The van der Waals surface area contributed by atoms with Crippen LogP contribution in [0.3, 0.4) is 0 Å². The van der Waals surface area contributed by atoms with Crippen molar-refractivity contribution in [1.82, 2.24) is 5.32 Å². The molecule has 28 heavy (non-hydrogen) atoms. The van der Waals surface area contributed by atoms with Gasteiger partial charge in [0.05, 0.1) is 18.4 Å². The largest absolute Gasteiger partial charge is 0.504 e. The number of anilines is 1. The number of aromatic carboxylic acids is 1. The fourth-order valence-corrected chi connectivity index (χ4v) is 2.89. The SMILES string of the molecule is COc1ccc(/C=C2\C(=O)NC(=S)N(c3ccc(C(=O)O)cc3)C2=O)cc1O. The highest BCUT2D eigenvalue weighted by atomic mass is 32.1. The summed E-state index contributed by atoms with van der Waals surface area (Å²) in [5, 5.41) is 21.2. The average Bonchev–Trinajstić information content (AvgIpc) is 2.65. The van der Waals surface area contributed by atoms with Gasteiger partial charge in [0.15, 0.2) is 16.6 Å². The van der Waals surface area contributed by atoms with Crippen LogP contribution in [0.15, 0.2) is 48.0 Å². The number of carbonyl (C=O) groups is 3. The second kappa shape index (κ2) is 7.49. The first kappa shape index (κ1) is 19.1. The Kier molecular flexibility index (Phi) is 5.10. The maximum Gasteiger partial charge on any atom is 0.335 e. The predicted octanol–water partition coefficient (Wildman–Crippen LogP) is 1.93. The van der Waals surface area contributed by atoms with Crippen LogP contribution in [0.2, 0.25) is 0 Å². The van der Waals surface area contributed by atoms with E-state index in [0.29, 0.717) is 11.3 Å². The van der Waals surface area contributed by atoms with Gasteiger partial charge in [-0.3, -0.25) is 19.8 Å². The Hall–Kier alpha value is -3.72. The van der Waals surface area contributed by atoms with E-state index in [2.05, 4.69) is 5.32 Å². The molecule has 3 rings (SSSR count). The summed E-state index contributed by atoms with van der Waals surface area (Å²) in [5.41, 5.74) is 0.572. The van der Waals surface area contributed by atoms with Crippen LogP contribution in [0.4, 0.5) is 5.69 Å². The fourth-order valence-electron chi connectivity index (χ4n) is 2.61. The van der Waals surface area contributed by atoms with E-state index in [-0.39, 0.29) is 27.7 Å². The molecule has 2 amide bonds. The maximum absolute atomic E-state index is 12.9. The number of phenols is 1. The number of aromatic hydroxyl groups is 1. The number of thiocarbonyl (C=S) groups is 1. The number of ether oxygens (including phenoxy) is 1. The number of carboxylic acids is 1. The monoisotopic (exact) mass is 398 g/mol. The molecule has 0 unspecified atom stereocenters. The van der Waals surface area contributed by atoms with Gasteiger partial charge in [-0.1, -0.05) is 6.07 Å². The van der Waals surface area contributed by atoms with Crippen LogP contribution in [-0.2, 0) is 9.59 Å². The number of nitrogens with zero attached hydrogens (tertiary/aromatic N) is 1. The molecule has 0 bridgehead atoms. The van der Waals surface area contributed by atoms with Crippen molar-refractivity contribution >= 4 is 46.9 Å². The van der Waals surface area contributed by atoms with Crippen LogP contribution >= 0.6 is 12.2 Å². The minimum Gasteiger partial charge on any atom is -0.504 e. The van der Waals surface area contributed by atoms with Gasteiger partial charge in [-0.05, 0) is 60.3 Å². The molecule has 0 aromatic heterocycles. The second-order valence-corrected chi connectivity index (χ2v) is 6.13. The van der Waals surface area contributed by atoms with Crippen molar-refractivity contribution in [3.05, 3.63) is 59.2 Å². The van der Waals surface area contributed by atoms with Crippen LogP contribution in [0.25, 0.3) is 6.08 Å². The van der Waals surface area contributed by atoms with Gasteiger partial charge in [-0.15, -0.1) is 0 Å². The van der Waals surface area contributed by atoms with E-state index < -0.39 is 17.8 Å². The van der Waals surface area contributed by atoms with Crippen LogP contribution in [0.5, 0.6) is 11.5 Å². The number of amides is 2. The summed E-state index contributed by atoms with van der Waals surface area (Å²) in [7, 11) is 1.40. The lowest BCUT2D eigenvalue weighted by molar-refractivity contribution is -0.122. The summed E-state index contributed by atoms with van der Waals surface area (Å²) in [6.07, 6.45) is 1.32. The first-order valence-corrected chi connectivity index (χ1v) is 8.34. The summed E-state index contributed by atoms with van der Waals surface area (Å²) < 4.78 is 4.96.